The minimum absolute atomic E-state index is 0.105. The van der Waals surface area contributed by atoms with Gasteiger partial charge >= 0.3 is 0 Å². The third-order valence-electron chi connectivity index (χ3n) is 3.29. The monoisotopic (exact) mass is 334 g/mol. The van der Waals surface area contributed by atoms with Gasteiger partial charge in [0.25, 0.3) is 5.56 Å². The number of methoxy groups -OCH3 is 2. The van der Waals surface area contributed by atoms with Crippen molar-refractivity contribution in [1.29, 1.82) is 0 Å². The summed E-state index contributed by atoms with van der Waals surface area (Å²) in [5.74, 6) is 1.32. The molecule has 2 heterocycles. The van der Waals surface area contributed by atoms with Gasteiger partial charge in [-0.1, -0.05) is 17.8 Å². The molecule has 7 heteroatoms. The normalized spacial score (nSPS) is 10.9. The molecule has 0 saturated heterocycles. The number of thiophene rings is 1. The zero-order chi connectivity index (χ0) is 15.7. The Balaban J connectivity index is 2.22. The van der Waals surface area contributed by atoms with Crippen LogP contribution in [-0.2, 0) is 0 Å². The highest BCUT2D eigenvalue weighted by Crippen LogP contribution is 2.36. The van der Waals surface area contributed by atoms with Crippen molar-refractivity contribution < 1.29 is 9.47 Å². The number of H-pyrrole nitrogens is 1. The van der Waals surface area contributed by atoms with Crippen LogP contribution >= 0.6 is 23.1 Å². The molecule has 3 aromatic rings. The van der Waals surface area contributed by atoms with E-state index in [0.29, 0.717) is 26.9 Å². The van der Waals surface area contributed by atoms with E-state index in [4.69, 9.17) is 9.47 Å². The fourth-order valence-electron chi connectivity index (χ4n) is 2.21. The van der Waals surface area contributed by atoms with Gasteiger partial charge in [-0.3, -0.25) is 4.79 Å². The standard InChI is InChI=1S/C15H14N2O3S2/c1-19-10-5-4-8(6-11(10)20-2)9-7-22-13-12(9)16-15(21-3)17-14(13)18/h4-7H,1-3H3,(H,16,17,18). The second kappa shape index (κ2) is 6.02. The molecule has 0 fully saturated rings. The van der Waals surface area contributed by atoms with E-state index in [-0.39, 0.29) is 5.56 Å². The molecule has 1 N–H and O–H groups in total. The number of hydrogen-bond acceptors (Lipinski definition) is 6. The molecule has 0 spiro atoms. The highest BCUT2D eigenvalue weighted by molar-refractivity contribution is 7.98. The van der Waals surface area contributed by atoms with Crippen molar-refractivity contribution in [1.82, 2.24) is 9.97 Å². The lowest BCUT2D eigenvalue weighted by molar-refractivity contribution is 0.355. The van der Waals surface area contributed by atoms with Crippen molar-refractivity contribution in [2.24, 2.45) is 0 Å². The van der Waals surface area contributed by atoms with Crippen LogP contribution in [0.5, 0.6) is 11.5 Å². The quantitative estimate of drug-likeness (QED) is 0.585. The Kier molecular flexibility index (Phi) is 4.08. The molecular weight excluding hydrogens is 320 g/mol. The summed E-state index contributed by atoms with van der Waals surface area (Å²) in [6.45, 7) is 0. The Bertz CT molecular complexity index is 886. The van der Waals surface area contributed by atoms with E-state index in [1.54, 1.807) is 14.2 Å². The Morgan fingerprint density at radius 1 is 1.23 bits per heavy atom. The smallest absolute Gasteiger partial charge is 0.269 e. The van der Waals surface area contributed by atoms with Gasteiger partial charge in [0.05, 0.1) is 19.7 Å². The van der Waals surface area contributed by atoms with Crippen molar-refractivity contribution in [3.63, 3.8) is 0 Å². The summed E-state index contributed by atoms with van der Waals surface area (Å²) in [7, 11) is 3.20. The van der Waals surface area contributed by atoms with Crippen LogP contribution < -0.4 is 15.0 Å². The van der Waals surface area contributed by atoms with Gasteiger partial charge in [-0.25, -0.2) is 4.98 Å². The van der Waals surface area contributed by atoms with Gasteiger partial charge in [0.2, 0.25) is 0 Å². The number of ether oxygens (including phenoxy) is 2. The molecule has 0 aliphatic rings. The molecule has 0 unspecified atom stereocenters. The number of nitrogens with zero attached hydrogens (tertiary/aromatic N) is 1. The van der Waals surface area contributed by atoms with E-state index in [1.165, 1.54) is 23.1 Å². The largest absolute Gasteiger partial charge is 0.493 e. The van der Waals surface area contributed by atoms with Crippen LogP contribution in [0.3, 0.4) is 0 Å². The molecular formula is C15H14N2O3S2. The number of rotatable bonds is 4. The topological polar surface area (TPSA) is 64.2 Å². The molecule has 1 aromatic carbocycles. The molecule has 0 amide bonds. The highest BCUT2D eigenvalue weighted by atomic mass is 32.2. The number of hydrogen-bond donors (Lipinski definition) is 1. The first-order chi connectivity index (χ1) is 10.7. The van der Waals surface area contributed by atoms with Gasteiger partial charge in [0, 0.05) is 10.9 Å². The van der Waals surface area contributed by atoms with Crippen molar-refractivity contribution in [2.75, 3.05) is 20.5 Å². The van der Waals surface area contributed by atoms with Crippen molar-refractivity contribution in [3.05, 3.63) is 33.9 Å². The summed E-state index contributed by atoms with van der Waals surface area (Å²) in [5.41, 5.74) is 2.47. The van der Waals surface area contributed by atoms with Crippen LogP contribution in [0.4, 0.5) is 0 Å². The summed E-state index contributed by atoms with van der Waals surface area (Å²) in [5, 5.41) is 2.55. The molecule has 0 bridgehead atoms. The van der Waals surface area contributed by atoms with E-state index in [2.05, 4.69) is 9.97 Å². The maximum absolute atomic E-state index is 12.1. The maximum Gasteiger partial charge on any atom is 0.269 e. The Morgan fingerprint density at radius 3 is 2.68 bits per heavy atom. The van der Waals surface area contributed by atoms with Gasteiger partial charge in [0.1, 0.15) is 4.70 Å². The number of nitrogens with one attached hydrogen (secondary N) is 1. The van der Waals surface area contributed by atoms with Gasteiger partial charge < -0.3 is 14.5 Å². The highest BCUT2D eigenvalue weighted by Gasteiger charge is 2.14. The minimum Gasteiger partial charge on any atom is -0.493 e. The van der Waals surface area contributed by atoms with Crippen LogP contribution in [0, 0.1) is 0 Å². The first kappa shape index (κ1) is 14.9. The number of aromatic nitrogens is 2. The molecule has 0 radical (unpaired) electrons. The van der Waals surface area contributed by atoms with E-state index in [9.17, 15) is 4.79 Å². The SMILES string of the molecule is COc1ccc(-c2csc3c(=O)[nH]c(SC)nc23)cc1OC. The second-order valence-corrected chi connectivity index (χ2v) is 6.15. The lowest BCUT2D eigenvalue weighted by Crippen LogP contribution is -2.07. The van der Waals surface area contributed by atoms with Gasteiger partial charge in [0.15, 0.2) is 16.7 Å². The fraction of sp³-hybridized carbons (Fsp3) is 0.200. The van der Waals surface area contributed by atoms with Crippen molar-refractivity contribution >= 4 is 33.3 Å². The third kappa shape index (κ3) is 2.46. The lowest BCUT2D eigenvalue weighted by atomic mass is 10.1. The van der Waals surface area contributed by atoms with Crippen LogP contribution in [0.25, 0.3) is 21.3 Å². The number of aromatic amines is 1. The zero-order valence-corrected chi connectivity index (χ0v) is 13.9. The van der Waals surface area contributed by atoms with Crippen molar-refractivity contribution in [2.45, 2.75) is 5.16 Å². The van der Waals surface area contributed by atoms with E-state index < -0.39 is 0 Å². The summed E-state index contributed by atoms with van der Waals surface area (Å²) in [4.78, 5) is 19.4. The number of fused-ring (bicyclic) bond motifs is 1. The average Bonchev–Trinajstić information content (AvgIpc) is 2.98. The predicted molar refractivity (Wildman–Crippen MR) is 90.6 cm³/mol. The van der Waals surface area contributed by atoms with Gasteiger partial charge in [-0.05, 0) is 24.0 Å². The van der Waals surface area contributed by atoms with E-state index in [1.807, 2.05) is 29.8 Å². The van der Waals surface area contributed by atoms with Crippen LogP contribution in [0.2, 0.25) is 0 Å². The van der Waals surface area contributed by atoms with Crippen LogP contribution in [0.15, 0.2) is 33.5 Å². The Morgan fingerprint density at radius 2 is 2.00 bits per heavy atom. The second-order valence-electron chi connectivity index (χ2n) is 4.47. The molecule has 0 atom stereocenters. The molecule has 2 aromatic heterocycles. The van der Waals surface area contributed by atoms with Crippen LogP contribution in [0.1, 0.15) is 0 Å². The first-order valence-electron chi connectivity index (χ1n) is 6.45. The van der Waals surface area contributed by atoms with E-state index in [0.717, 1.165) is 11.1 Å². The first-order valence-corrected chi connectivity index (χ1v) is 8.56. The number of thioether (sulfide) groups is 1. The van der Waals surface area contributed by atoms with Gasteiger partial charge in [-0.15, -0.1) is 11.3 Å². The summed E-state index contributed by atoms with van der Waals surface area (Å²) in [6, 6.07) is 5.67. The molecule has 3 rings (SSSR count). The average molecular weight is 334 g/mol. The lowest BCUT2D eigenvalue weighted by Gasteiger charge is -2.09. The summed E-state index contributed by atoms with van der Waals surface area (Å²) >= 11 is 2.80. The number of benzene rings is 1. The Hall–Kier alpha value is -1.99. The summed E-state index contributed by atoms with van der Waals surface area (Å²) in [6.07, 6.45) is 1.88. The van der Waals surface area contributed by atoms with Crippen LogP contribution in [-0.4, -0.2) is 30.4 Å². The molecule has 0 saturated carbocycles. The predicted octanol–water partition coefficient (Wildman–Crippen LogP) is 3.39. The molecule has 114 valence electrons. The maximum atomic E-state index is 12.1. The molecule has 5 nitrogen and oxygen atoms in total. The zero-order valence-electron chi connectivity index (χ0n) is 12.3. The van der Waals surface area contributed by atoms with E-state index >= 15 is 0 Å². The molecule has 22 heavy (non-hydrogen) atoms. The molecule has 0 aliphatic heterocycles. The molecule has 0 aliphatic carbocycles. The fourth-order valence-corrected chi connectivity index (χ4v) is 3.50. The van der Waals surface area contributed by atoms with Crippen molar-refractivity contribution in [3.8, 4) is 22.6 Å². The van der Waals surface area contributed by atoms with Gasteiger partial charge in [-0.2, -0.15) is 0 Å². The summed E-state index contributed by atoms with van der Waals surface area (Å²) < 4.78 is 11.2. The third-order valence-corrected chi connectivity index (χ3v) is 4.84. The Labute approximate surface area is 135 Å². The minimum atomic E-state index is -0.105.